The molecule has 0 radical (unpaired) electrons. The Kier molecular flexibility index (Phi) is 4.48. The first-order valence-corrected chi connectivity index (χ1v) is 9.77. The van der Waals surface area contributed by atoms with Crippen LogP contribution in [0, 0.1) is 5.92 Å². The van der Waals surface area contributed by atoms with E-state index in [0.717, 1.165) is 18.4 Å². The van der Waals surface area contributed by atoms with Gasteiger partial charge in [-0.15, -0.1) is 0 Å². The largest absolute Gasteiger partial charge is 0.508 e. The predicted molar refractivity (Wildman–Crippen MR) is 86.8 cm³/mol. The highest BCUT2D eigenvalue weighted by Gasteiger charge is 2.32. The summed E-state index contributed by atoms with van der Waals surface area (Å²) in [6, 6.07) is 6.31. The van der Waals surface area contributed by atoms with Crippen molar-refractivity contribution in [3.63, 3.8) is 0 Å². The van der Waals surface area contributed by atoms with Gasteiger partial charge in [-0.05, 0) is 42.9 Å². The molecule has 7 heteroatoms. The van der Waals surface area contributed by atoms with Gasteiger partial charge in [0.25, 0.3) is 0 Å². The Labute approximate surface area is 136 Å². The van der Waals surface area contributed by atoms with Gasteiger partial charge in [0.1, 0.15) is 5.75 Å². The number of rotatable bonds is 5. The molecule has 6 nitrogen and oxygen atoms in total. The molecule has 1 aromatic rings. The van der Waals surface area contributed by atoms with Gasteiger partial charge < -0.3 is 15.3 Å². The Morgan fingerprint density at radius 3 is 2.48 bits per heavy atom. The lowest BCUT2D eigenvalue weighted by Crippen LogP contribution is -2.45. The van der Waals surface area contributed by atoms with Gasteiger partial charge in [0, 0.05) is 19.1 Å². The number of phenolic OH excluding ortho intramolecular Hbond substituents is 1. The summed E-state index contributed by atoms with van der Waals surface area (Å²) in [5.74, 6) is 0.932. The van der Waals surface area contributed by atoms with Crippen molar-refractivity contribution in [2.45, 2.75) is 31.8 Å². The molecule has 0 spiro atoms. The number of hydrogen-bond donors (Lipinski definition) is 2. The maximum Gasteiger partial charge on any atom is 0.317 e. The highest BCUT2D eigenvalue weighted by atomic mass is 32.2. The topological polar surface area (TPSA) is 86.7 Å². The van der Waals surface area contributed by atoms with Gasteiger partial charge in [0.2, 0.25) is 0 Å². The van der Waals surface area contributed by atoms with Gasteiger partial charge in [0.15, 0.2) is 9.84 Å². The fourth-order valence-electron chi connectivity index (χ4n) is 2.83. The fraction of sp³-hybridized carbons (Fsp3) is 0.562. The van der Waals surface area contributed by atoms with Crippen molar-refractivity contribution in [3.8, 4) is 5.75 Å². The van der Waals surface area contributed by atoms with Crippen molar-refractivity contribution in [2.24, 2.45) is 5.92 Å². The van der Waals surface area contributed by atoms with Gasteiger partial charge in [-0.25, -0.2) is 13.2 Å². The van der Waals surface area contributed by atoms with Gasteiger partial charge in [0.05, 0.1) is 11.5 Å². The minimum absolute atomic E-state index is 0.0369. The molecule has 0 aromatic heterocycles. The van der Waals surface area contributed by atoms with Crippen LogP contribution in [0.4, 0.5) is 4.79 Å². The minimum atomic E-state index is -3.00. The minimum Gasteiger partial charge on any atom is -0.508 e. The summed E-state index contributed by atoms with van der Waals surface area (Å²) in [7, 11) is -3.00. The molecule has 0 unspecified atom stereocenters. The smallest absolute Gasteiger partial charge is 0.317 e. The molecule has 1 aliphatic heterocycles. The van der Waals surface area contributed by atoms with E-state index >= 15 is 0 Å². The molecule has 2 amide bonds. The second-order valence-corrected chi connectivity index (χ2v) is 8.77. The van der Waals surface area contributed by atoms with Crippen molar-refractivity contribution in [3.05, 3.63) is 29.8 Å². The van der Waals surface area contributed by atoms with Crippen LogP contribution in [0.1, 0.15) is 24.8 Å². The third-order valence-corrected chi connectivity index (χ3v) is 6.10. The number of carbonyl (C=O) groups excluding carboxylic acids is 1. The van der Waals surface area contributed by atoms with E-state index in [-0.39, 0.29) is 29.3 Å². The first-order valence-electron chi connectivity index (χ1n) is 7.95. The molecule has 1 aromatic carbocycles. The molecule has 1 atom stereocenters. The molecular formula is C16H22N2O4S. The number of hydrogen-bond acceptors (Lipinski definition) is 4. The molecule has 1 heterocycles. The maximum atomic E-state index is 12.5. The zero-order chi connectivity index (χ0) is 16.4. The quantitative estimate of drug-likeness (QED) is 0.852. The zero-order valence-corrected chi connectivity index (χ0v) is 13.8. The number of aromatic hydroxyl groups is 1. The van der Waals surface area contributed by atoms with Crippen molar-refractivity contribution >= 4 is 15.9 Å². The molecule has 3 rings (SSSR count). The van der Waals surface area contributed by atoms with Gasteiger partial charge in [-0.3, -0.25) is 0 Å². The third-order valence-electron chi connectivity index (χ3n) is 4.33. The summed E-state index contributed by atoms with van der Waals surface area (Å²) in [5, 5.41) is 12.2. The van der Waals surface area contributed by atoms with Gasteiger partial charge in [-0.1, -0.05) is 12.1 Å². The van der Waals surface area contributed by atoms with Crippen molar-refractivity contribution in [2.75, 3.05) is 18.1 Å². The lowest BCUT2D eigenvalue weighted by molar-refractivity contribution is 0.189. The van der Waals surface area contributed by atoms with E-state index in [4.69, 9.17) is 0 Å². The van der Waals surface area contributed by atoms with Crippen LogP contribution < -0.4 is 5.32 Å². The second-order valence-electron chi connectivity index (χ2n) is 6.54. The lowest BCUT2D eigenvalue weighted by atomic mass is 10.2. The number of nitrogens with zero attached hydrogens (tertiary/aromatic N) is 1. The van der Waals surface area contributed by atoms with Crippen LogP contribution in [0.5, 0.6) is 5.75 Å². The molecule has 2 aliphatic rings. The van der Waals surface area contributed by atoms with E-state index in [1.807, 2.05) is 0 Å². The molecule has 2 fully saturated rings. The van der Waals surface area contributed by atoms with Crippen LogP contribution in [0.25, 0.3) is 0 Å². The number of benzene rings is 1. The number of sulfone groups is 1. The van der Waals surface area contributed by atoms with Crippen LogP contribution in [0.15, 0.2) is 24.3 Å². The Bertz CT molecular complexity index is 668. The van der Waals surface area contributed by atoms with Crippen LogP contribution in [-0.4, -0.2) is 48.5 Å². The highest BCUT2D eigenvalue weighted by molar-refractivity contribution is 7.91. The first-order chi connectivity index (χ1) is 10.9. The normalized spacial score (nSPS) is 22.7. The summed E-state index contributed by atoms with van der Waals surface area (Å²) in [4.78, 5) is 14.3. The van der Waals surface area contributed by atoms with E-state index in [9.17, 15) is 18.3 Å². The molecule has 1 saturated heterocycles. The van der Waals surface area contributed by atoms with Gasteiger partial charge in [-0.2, -0.15) is 0 Å². The van der Waals surface area contributed by atoms with E-state index in [0.29, 0.717) is 25.4 Å². The van der Waals surface area contributed by atoms with Gasteiger partial charge >= 0.3 is 6.03 Å². The molecule has 23 heavy (non-hydrogen) atoms. The summed E-state index contributed by atoms with van der Waals surface area (Å²) in [6.45, 7) is 1.15. The molecule has 126 valence electrons. The molecule has 0 bridgehead atoms. The highest BCUT2D eigenvalue weighted by Crippen LogP contribution is 2.30. The third kappa shape index (κ3) is 4.60. The zero-order valence-electron chi connectivity index (χ0n) is 12.9. The Morgan fingerprint density at radius 2 is 1.91 bits per heavy atom. The van der Waals surface area contributed by atoms with Crippen LogP contribution in [0.2, 0.25) is 0 Å². The molecule has 1 aliphatic carbocycles. The van der Waals surface area contributed by atoms with Crippen LogP contribution in [-0.2, 0) is 16.4 Å². The number of amides is 2. The summed E-state index contributed by atoms with van der Waals surface area (Å²) >= 11 is 0. The summed E-state index contributed by atoms with van der Waals surface area (Å²) in [5.41, 5.74) is 0.942. The number of phenols is 1. The number of nitrogens with one attached hydrogen (secondary N) is 1. The average molecular weight is 338 g/mol. The summed E-state index contributed by atoms with van der Waals surface area (Å²) in [6.07, 6.45) is 2.76. The Hall–Kier alpha value is -1.76. The van der Waals surface area contributed by atoms with Crippen LogP contribution >= 0.6 is 0 Å². The maximum absolute atomic E-state index is 12.5. The van der Waals surface area contributed by atoms with E-state index in [1.54, 1.807) is 29.2 Å². The predicted octanol–water partition coefficient (Wildman–Crippen LogP) is 1.50. The molecular weight excluding hydrogens is 316 g/mol. The Balaban J connectivity index is 1.63. The first kappa shape index (κ1) is 16.1. The average Bonchev–Trinajstić information content (AvgIpc) is 3.24. The fourth-order valence-corrected chi connectivity index (χ4v) is 4.50. The van der Waals surface area contributed by atoms with Crippen molar-refractivity contribution in [1.29, 1.82) is 0 Å². The van der Waals surface area contributed by atoms with Crippen molar-refractivity contribution < 1.29 is 18.3 Å². The number of urea groups is 1. The SMILES string of the molecule is O=C(N[C@H]1CCS(=O)(=O)C1)N(Cc1ccc(O)cc1)CC1CC1. The van der Waals surface area contributed by atoms with E-state index in [2.05, 4.69) is 5.32 Å². The van der Waals surface area contributed by atoms with E-state index < -0.39 is 9.84 Å². The standard InChI is InChI=1S/C16H22N2O4S/c19-15-5-3-13(4-6-15)10-18(9-12-1-2-12)16(20)17-14-7-8-23(21,22)11-14/h3-6,12,14,19H,1-2,7-11H2,(H,17,20)/t14-/m0/s1. The number of carbonyl (C=O) groups is 1. The Morgan fingerprint density at radius 1 is 1.22 bits per heavy atom. The second kappa shape index (κ2) is 6.39. The lowest BCUT2D eigenvalue weighted by Gasteiger charge is -2.25. The van der Waals surface area contributed by atoms with E-state index in [1.165, 1.54) is 0 Å². The van der Waals surface area contributed by atoms with Crippen LogP contribution in [0.3, 0.4) is 0 Å². The van der Waals surface area contributed by atoms with Crippen molar-refractivity contribution in [1.82, 2.24) is 10.2 Å². The molecule has 2 N–H and O–H groups in total. The molecule has 1 saturated carbocycles. The monoisotopic (exact) mass is 338 g/mol. The summed E-state index contributed by atoms with van der Waals surface area (Å²) < 4.78 is 23.0.